The van der Waals surface area contributed by atoms with Crippen LogP contribution in [0.3, 0.4) is 0 Å². The van der Waals surface area contributed by atoms with Crippen LogP contribution < -0.4 is 5.56 Å². The Morgan fingerprint density at radius 3 is 2.44 bits per heavy atom. The second kappa shape index (κ2) is 8.24. The van der Waals surface area contributed by atoms with Crippen LogP contribution in [0.1, 0.15) is 5.56 Å². The van der Waals surface area contributed by atoms with E-state index in [9.17, 15) is 18.0 Å². The second-order valence-corrected chi connectivity index (χ2v) is 9.03. The van der Waals surface area contributed by atoms with E-state index < -0.39 is 10.0 Å². The van der Waals surface area contributed by atoms with E-state index in [1.165, 1.54) is 16.6 Å². The van der Waals surface area contributed by atoms with Gasteiger partial charge in [-0.1, -0.05) is 29.5 Å². The third-order valence-electron chi connectivity index (χ3n) is 4.23. The van der Waals surface area contributed by atoms with Crippen LogP contribution in [-0.4, -0.2) is 65.4 Å². The number of thioether (sulfide) groups is 1. The molecule has 10 heteroatoms. The van der Waals surface area contributed by atoms with Crippen molar-refractivity contribution in [1.82, 2.24) is 19.2 Å². The molecule has 0 saturated carbocycles. The van der Waals surface area contributed by atoms with Gasteiger partial charge in [0.15, 0.2) is 5.16 Å². The maximum Gasteiger partial charge on any atom is 0.251 e. The van der Waals surface area contributed by atoms with Crippen molar-refractivity contribution in [2.75, 3.05) is 31.9 Å². The van der Waals surface area contributed by atoms with E-state index in [4.69, 9.17) is 0 Å². The molecule has 1 N–H and O–H groups in total. The third-order valence-corrected chi connectivity index (χ3v) is 7.02. The second-order valence-electron chi connectivity index (χ2n) is 6.13. The van der Waals surface area contributed by atoms with Crippen LogP contribution in [0.2, 0.25) is 0 Å². The summed E-state index contributed by atoms with van der Waals surface area (Å²) in [7, 11) is -3.55. The average molecular weight is 409 g/mol. The monoisotopic (exact) mass is 408 g/mol. The summed E-state index contributed by atoms with van der Waals surface area (Å²) in [4.78, 5) is 32.0. The van der Waals surface area contributed by atoms with Crippen molar-refractivity contribution in [1.29, 1.82) is 0 Å². The normalized spacial score (nSPS) is 15.7. The van der Waals surface area contributed by atoms with Gasteiger partial charge in [0.1, 0.15) is 0 Å². The Morgan fingerprint density at radius 1 is 1.15 bits per heavy atom. The SMILES string of the molecule is Cc1ccc(S(=O)(=O)N2CCN(C(=O)CSc3nccc(=O)[nH]3)CC2)cc1. The van der Waals surface area contributed by atoms with Crippen LogP contribution in [0.25, 0.3) is 0 Å². The Bertz CT molecular complexity index is 965. The number of aromatic nitrogens is 2. The number of nitrogens with zero attached hydrogens (tertiary/aromatic N) is 3. The molecule has 8 nitrogen and oxygen atoms in total. The Balaban J connectivity index is 1.55. The van der Waals surface area contributed by atoms with E-state index in [0.717, 1.165) is 17.3 Å². The average Bonchev–Trinajstić information content (AvgIpc) is 2.66. The molecule has 0 bridgehead atoms. The zero-order valence-electron chi connectivity index (χ0n) is 14.8. The number of rotatable bonds is 5. The highest BCUT2D eigenvalue weighted by Gasteiger charge is 2.30. The molecule has 1 saturated heterocycles. The minimum Gasteiger partial charge on any atom is -0.339 e. The molecular weight excluding hydrogens is 388 g/mol. The standard InChI is InChI=1S/C17H20N4O4S2/c1-13-2-4-14(5-3-13)27(24,25)21-10-8-20(9-11-21)16(23)12-26-17-18-7-6-15(22)19-17/h2-7H,8-12H2,1H3,(H,18,19,22). The first-order valence-electron chi connectivity index (χ1n) is 8.39. The minimum absolute atomic E-state index is 0.112. The minimum atomic E-state index is -3.55. The number of carbonyl (C=O) groups is 1. The number of benzene rings is 1. The highest BCUT2D eigenvalue weighted by molar-refractivity contribution is 7.99. The van der Waals surface area contributed by atoms with Gasteiger partial charge in [0.2, 0.25) is 15.9 Å². The van der Waals surface area contributed by atoms with Gasteiger partial charge in [-0.2, -0.15) is 4.31 Å². The topological polar surface area (TPSA) is 103 Å². The van der Waals surface area contributed by atoms with Crippen molar-refractivity contribution in [2.24, 2.45) is 0 Å². The molecule has 1 aliphatic heterocycles. The van der Waals surface area contributed by atoms with Crippen LogP contribution in [0.4, 0.5) is 0 Å². The summed E-state index contributed by atoms with van der Waals surface area (Å²) in [5.74, 6) is 0.0244. The zero-order valence-corrected chi connectivity index (χ0v) is 16.4. The number of hydrogen-bond donors (Lipinski definition) is 1. The summed E-state index contributed by atoms with van der Waals surface area (Å²) in [6, 6.07) is 8.05. The molecule has 1 aromatic carbocycles. The summed E-state index contributed by atoms with van der Waals surface area (Å²) in [6.45, 7) is 3.09. The van der Waals surface area contributed by atoms with Gasteiger partial charge in [0, 0.05) is 38.4 Å². The largest absolute Gasteiger partial charge is 0.339 e. The predicted molar refractivity (Wildman–Crippen MR) is 102 cm³/mol. The lowest BCUT2D eigenvalue weighted by Gasteiger charge is -2.34. The molecule has 0 atom stereocenters. The van der Waals surface area contributed by atoms with Gasteiger partial charge in [-0.3, -0.25) is 9.59 Å². The third kappa shape index (κ3) is 4.76. The molecular formula is C17H20N4O4S2. The number of nitrogens with one attached hydrogen (secondary N) is 1. The van der Waals surface area contributed by atoms with Crippen LogP contribution in [-0.2, 0) is 14.8 Å². The van der Waals surface area contributed by atoms with Crippen molar-refractivity contribution < 1.29 is 13.2 Å². The number of H-pyrrole nitrogens is 1. The zero-order chi connectivity index (χ0) is 19.4. The number of sulfonamides is 1. The van der Waals surface area contributed by atoms with Gasteiger partial charge in [0.05, 0.1) is 10.6 Å². The molecule has 144 valence electrons. The maximum atomic E-state index is 12.7. The Labute approximate surface area is 161 Å². The van der Waals surface area contributed by atoms with E-state index in [1.54, 1.807) is 29.2 Å². The Hall–Kier alpha value is -2.17. The molecule has 1 amide bonds. The lowest BCUT2D eigenvalue weighted by Crippen LogP contribution is -2.50. The number of amides is 1. The number of aryl methyl sites for hydroxylation is 1. The summed E-state index contributed by atoms with van der Waals surface area (Å²) in [5, 5.41) is 0.386. The van der Waals surface area contributed by atoms with Gasteiger partial charge in [-0.05, 0) is 19.1 Å². The lowest BCUT2D eigenvalue weighted by molar-refractivity contribution is -0.129. The summed E-state index contributed by atoms with van der Waals surface area (Å²) in [6.07, 6.45) is 1.39. The van der Waals surface area contributed by atoms with Crippen molar-refractivity contribution >= 4 is 27.7 Å². The molecule has 2 aromatic rings. The Kier molecular flexibility index (Phi) is 5.98. The van der Waals surface area contributed by atoms with E-state index in [2.05, 4.69) is 9.97 Å². The maximum absolute atomic E-state index is 12.7. The Morgan fingerprint density at radius 2 is 1.81 bits per heavy atom. The quantitative estimate of drug-likeness (QED) is 0.577. The van der Waals surface area contributed by atoms with Gasteiger partial charge in [0.25, 0.3) is 5.56 Å². The van der Waals surface area contributed by atoms with Crippen molar-refractivity contribution in [3.63, 3.8) is 0 Å². The summed E-state index contributed by atoms with van der Waals surface area (Å²) >= 11 is 1.15. The fourth-order valence-corrected chi connectivity index (χ4v) is 4.86. The lowest BCUT2D eigenvalue weighted by atomic mass is 10.2. The number of piperazine rings is 1. The smallest absolute Gasteiger partial charge is 0.251 e. The molecule has 0 radical (unpaired) electrons. The number of aromatic amines is 1. The van der Waals surface area contributed by atoms with Crippen LogP contribution in [0.15, 0.2) is 51.4 Å². The number of hydrogen-bond acceptors (Lipinski definition) is 6. The predicted octanol–water partition coefficient (Wildman–Crippen LogP) is 0.704. The molecule has 0 spiro atoms. The highest BCUT2D eigenvalue weighted by atomic mass is 32.2. The molecule has 0 aliphatic carbocycles. The van der Waals surface area contributed by atoms with E-state index in [0.29, 0.717) is 18.2 Å². The van der Waals surface area contributed by atoms with Gasteiger partial charge >= 0.3 is 0 Å². The van der Waals surface area contributed by atoms with Crippen LogP contribution in [0.5, 0.6) is 0 Å². The fraction of sp³-hybridized carbons (Fsp3) is 0.353. The summed E-state index contributed by atoms with van der Waals surface area (Å²) in [5.41, 5.74) is 0.728. The highest BCUT2D eigenvalue weighted by Crippen LogP contribution is 2.19. The van der Waals surface area contributed by atoms with Crippen molar-refractivity contribution in [3.8, 4) is 0 Å². The van der Waals surface area contributed by atoms with Crippen LogP contribution in [0, 0.1) is 6.92 Å². The first-order valence-corrected chi connectivity index (χ1v) is 10.8. The fourth-order valence-electron chi connectivity index (χ4n) is 2.68. The molecule has 1 fully saturated rings. The van der Waals surface area contributed by atoms with E-state index >= 15 is 0 Å². The molecule has 27 heavy (non-hydrogen) atoms. The molecule has 1 aromatic heterocycles. The molecule has 0 unspecified atom stereocenters. The van der Waals surface area contributed by atoms with Gasteiger partial charge in [-0.15, -0.1) is 0 Å². The van der Waals surface area contributed by atoms with Crippen molar-refractivity contribution in [3.05, 3.63) is 52.4 Å². The van der Waals surface area contributed by atoms with Crippen molar-refractivity contribution in [2.45, 2.75) is 17.0 Å². The van der Waals surface area contributed by atoms with Gasteiger partial charge < -0.3 is 9.88 Å². The van der Waals surface area contributed by atoms with E-state index in [1.807, 2.05) is 6.92 Å². The first-order chi connectivity index (χ1) is 12.9. The van der Waals surface area contributed by atoms with Gasteiger partial charge in [-0.25, -0.2) is 13.4 Å². The molecule has 1 aliphatic rings. The molecule has 3 rings (SSSR count). The summed E-state index contributed by atoms with van der Waals surface area (Å²) < 4.78 is 26.8. The van der Waals surface area contributed by atoms with E-state index in [-0.39, 0.29) is 35.2 Å². The van der Waals surface area contributed by atoms with Crippen LogP contribution >= 0.6 is 11.8 Å². The first kappa shape index (κ1) is 19.6. The number of carbonyl (C=O) groups excluding carboxylic acids is 1. The molecule has 2 heterocycles.